The molecule has 0 unspecified atom stereocenters. The van der Waals surface area contributed by atoms with Crippen LogP contribution in [0.25, 0.3) is 10.8 Å². The van der Waals surface area contributed by atoms with Gasteiger partial charge in [-0.25, -0.2) is 0 Å². The van der Waals surface area contributed by atoms with E-state index in [2.05, 4.69) is 5.32 Å². The molecule has 2 aromatic rings. The molecule has 1 aliphatic heterocycles. The van der Waals surface area contributed by atoms with E-state index in [4.69, 9.17) is 5.73 Å². The Labute approximate surface area is 167 Å². The van der Waals surface area contributed by atoms with Gasteiger partial charge in [0, 0.05) is 29.4 Å². The first-order valence-corrected chi connectivity index (χ1v) is 10.6. The SMILES string of the molecule is Nc1c(S(=O)(=O)O)cc2c3c(cccc13)C(=O)N(CCNC(=O)CI)C2=O. The monoisotopic (exact) mass is 503 g/mol. The third kappa shape index (κ3) is 3.37. The molecule has 27 heavy (non-hydrogen) atoms. The number of anilines is 1. The minimum absolute atomic E-state index is 0.0535. The number of carbonyl (C=O) groups excluding carboxylic acids is 3. The molecule has 0 fully saturated rings. The van der Waals surface area contributed by atoms with Crippen LogP contribution in [0, 0.1) is 0 Å². The van der Waals surface area contributed by atoms with Crippen LogP contribution >= 0.6 is 22.6 Å². The van der Waals surface area contributed by atoms with Gasteiger partial charge in [0.1, 0.15) is 4.90 Å². The Morgan fingerprint density at radius 3 is 2.52 bits per heavy atom. The number of alkyl halides is 1. The van der Waals surface area contributed by atoms with Crippen molar-refractivity contribution < 1.29 is 27.4 Å². The molecule has 0 saturated carbocycles. The lowest BCUT2D eigenvalue weighted by Gasteiger charge is -2.28. The lowest BCUT2D eigenvalue weighted by Crippen LogP contribution is -2.44. The van der Waals surface area contributed by atoms with E-state index in [1.807, 2.05) is 22.6 Å². The molecule has 0 saturated heterocycles. The zero-order chi connectivity index (χ0) is 19.9. The summed E-state index contributed by atoms with van der Waals surface area (Å²) >= 11 is 1.88. The molecular formula is C16H14IN3O6S. The summed E-state index contributed by atoms with van der Waals surface area (Å²) in [6.45, 7) is -0.0216. The van der Waals surface area contributed by atoms with Crippen LogP contribution in [0.5, 0.6) is 0 Å². The summed E-state index contributed by atoms with van der Waals surface area (Å²) in [6.07, 6.45) is 0. The molecule has 1 aliphatic rings. The van der Waals surface area contributed by atoms with Crippen molar-refractivity contribution in [2.24, 2.45) is 0 Å². The summed E-state index contributed by atoms with van der Waals surface area (Å²) < 4.78 is 32.9. The summed E-state index contributed by atoms with van der Waals surface area (Å²) in [7, 11) is -4.67. The predicted molar refractivity (Wildman–Crippen MR) is 105 cm³/mol. The Morgan fingerprint density at radius 2 is 1.89 bits per heavy atom. The lowest BCUT2D eigenvalue weighted by molar-refractivity contribution is -0.118. The minimum atomic E-state index is -4.67. The molecule has 3 amide bonds. The first-order valence-electron chi connectivity index (χ1n) is 7.68. The number of halogens is 1. The lowest BCUT2D eigenvalue weighted by atomic mass is 9.93. The van der Waals surface area contributed by atoms with Gasteiger partial charge in [-0.2, -0.15) is 8.42 Å². The second kappa shape index (κ2) is 7.05. The highest BCUT2D eigenvalue weighted by Gasteiger charge is 2.35. The molecule has 3 rings (SSSR count). The number of carbonyl (C=O) groups is 3. The minimum Gasteiger partial charge on any atom is -0.397 e. The van der Waals surface area contributed by atoms with Crippen molar-refractivity contribution in [1.29, 1.82) is 0 Å². The van der Waals surface area contributed by atoms with Crippen LogP contribution in [0.3, 0.4) is 0 Å². The topological polar surface area (TPSA) is 147 Å². The number of nitrogen functional groups attached to an aromatic ring is 1. The summed E-state index contributed by atoms with van der Waals surface area (Å²) in [5.74, 6) is -1.53. The third-order valence-electron chi connectivity index (χ3n) is 4.17. The second-order valence-electron chi connectivity index (χ2n) is 5.78. The number of hydrogen-bond donors (Lipinski definition) is 3. The standard InChI is InChI=1S/C16H14IN3O6S/c17-7-12(21)19-4-5-20-15(22)9-3-1-2-8-13(9)10(16(20)23)6-11(14(8)18)27(24,25)26/h1-3,6H,4-5,7,18H2,(H,19,21)(H,24,25,26). The molecule has 1 heterocycles. The molecule has 0 aromatic heterocycles. The zero-order valence-corrected chi connectivity index (χ0v) is 16.7. The number of nitrogens with zero attached hydrogens (tertiary/aromatic N) is 1. The quantitative estimate of drug-likeness (QED) is 0.180. The van der Waals surface area contributed by atoms with Gasteiger partial charge < -0.3 is 11.1 Å². The van der Waals surface area contributed by atoms with E-state index in [1.165, 1.54) is 18.2 Å². The zero-order valence-electron chi connectivity index (χ0n) is 13.7. The number of benzene rings is 2. The van der Waals surface area contributed by atoms with Gasteiger partial charge in [0.05, 0.1) is 15.7 Å². The number of hydrogen-bond acceptors (Lipinski definition) is 6. The van der Waals surface area contributed by atoms with Gasteiger partial charge in [0.15, 0.2) is 0 Å². The van der Waals surface area contributed by atoms with E-state index in [0.717, 1.165) is 11.0 Å². The van der Waals surface area contributed by atoms with E-state index >= 15 is 0 Å². The fourth-order valence-corrected chi connectivity index (χ4v) is 3.91. The summed E-state index contributed by atoms with van der Waals surface area (Å²) in [5.41, 5.74) is 5.75. The first kappa shape index (κ1) is 19.5. The summed E-state index contributed by atoms with van der Waals surface area (Å²) in [5, 5.41) is 3.00. The van der Waals surface area contributed by atoms with Crippen LogP contribution in [-0.4, -0.2) is 53.1 Å². The van der Waals surface area contributed by atoms with Gasteiger partial charge >= 0.3 is 0 Å². The number of imide groups is 1. The van der Waals surface area contributed by atoms with E-state index in [1.54, 1.807) is 0 Å². The number of rotatable bonds is 5. The molecule has 0 aliphatic carbocycles. The molecule has 0 atom stereocenters. The normalized spacial score (nSPS) is 13.9. The van der Waals surface area contributed by atoms with E-state index in [9.17, 15) is 27.4 Å². The van der Waals surface area contributed by atoms with E-state index in [-0.39, 0.29) is 51.0 Å². The fourth-order valence-electron chi connectivity index (χ4n) is 2.98. The highest BCUT2D eigenvalue weighted by molar-refractivity contribution is 14.1. The van der Waals surface area contributed by atoms with Crippen molar-refractivity contribution in [1.82, 2.24) is 10.2 Å². The molecule has 0 spiro atoms. The van der Waals surface area contributed by atoms with Crippen LogP contribution < -0.4 is 11.1 Å². The van der Waals surface area contributed by atoms with Crippen molar-refractivity contribution >= 4 is 66.9 Å². The molecule has 0 bridgehead atoms. The third-order valence-corrected chi connectivity index (χ3v) is 5.76. The van der Waals surface area contributed by atoms with Gasteiger partial charge in [0.2, 0.25) is 5.91 Å². The highest BCUT2D eigenvalue weighted by Crippen LogP contribution is 2.37. The molecular weight excluding hydrogens is 489 g/mol. The van der Waals surface area contributed by atoms with Gasteiger partial charge in [-0.05, 0) is 12.1 Å². The first-order chi connectivity index (χ1) is 12.7. The maximum atomic E-state index is 12.8. The van der Waals surface area contributed by atoms with Gasteiger partial charge in [-0.1, -0.05) is 34.7 Å². The largest absolute Gasteiger partial charge is 0.397 e. The van der Waals surface area contributed by atoms with Crippen molar-refractivity contribution in [3.8, 4) is 0 Å². The van der Waals surface area contributed by atoms with E-state index in [0.29, 0.717) is 0 Å². The Hall–Kier alpha value is -2.25. The second-order valence-corrected chi connectivity index (χ2v) is 7.94. The molecule has 2 aromatic carbocycles. The van der Waals surface area contributed by atoms with Crippen LogP contribution in [0.2, 0.25) is 0 Å². The van der Waals surface area contributed by atoms with Gasteiger partial charge in [0.25, 0.3) is 21.9 Å². The fraction of sp³-hybridized carbons (Fsp3) is 0.188. The molecule has 4 N–H and O–H groups in total. The summed E-state index contributed by atoms with van der Waals surface area (Å²) in [4.78, 5) is 37.2. The molecule has 9 nitrogen and oxygen atoms in total. The average Bonchev–Trinajstić information content (AvgIpc) is 2.62. The Morgan fingerprint density at radius 1 is 1.22 bits per heavy atom. The van der Waals surface area contributed by atoms with Crippen molar-refractivity contribution in [2.75, 3.05) is 23.3 Å². The van der Waals surface area contributed by atoms with Crippen LogP contribution in [0.1, 0.15) is 20.7 Å². The van der Waals surface area contributed by atoms with Crippen molar-refractivity contribution in [3.05, 3.63) is 35.4 Å². The smallest absolute Gasteiger partial charge is 0.296 e. The van der Waals surface area contributed by atoms with Gasteiger partial charge in [-0.3, -0.25) is 23.8 Å². The van der Waals surface area contributed by atoms with Crippen LogP contribution in [0.4, 0.5) is 5.69 Å². The average molecular weight is 503 g/mol. The molecule has 0 radical (unpaired) electrons. The van der Waals surface area contributed by atoms with E-state index < -0.39 is 26.8 Å². The van der Waals surface area contributed by atoms with Crippen molar-refractivity contribution in [3.63, 3.8) is 0 Å². The summed E-state index contributed by atoms with van der Waals surface area (Å²) in [6, 6.07) is 5.46. The Balaban J connectivity index is 2.13. The van der Waals surface area contributed by atoms with Crippen LogP contribution in [-0.2, 0) is 14.9 Å². The number of nitrogens with two attached hydrogens (primary N) is 1. The van der Waals surface area contributed by atoms with Crippen molar-refractivity contribution in [2.45, 2.75) is 4.90 Å². The predicted octanol–water partition coefficient (Wildman–Crippen LogP) is 0.816. The Bertz CT molecular complexity index is 1100. The maximum Gasteiger partial charge on any atom is 0.296 e. The maximum absolute atomic E-state index is 12.8. The Kier molecular flexibility index (Phi) is 5.10. The molecule has 11 heteroatoms. The van der Waals surface area contributed by atoms with Crippen LogP contribution in [0.15, 0.2) is 29.2 Å². The number of nitrogens with one attached hydrogen (secondary N) is 1. The highest BCUT2D eigenvalue weighted by atomic mass is 127. The van der Waals surface area contributed by atoms with Gasteiger partial charge in [-0.15, -0.1) is 0 Å². The number of amides is 3. The molecule has 142 valence electrons.